The quantitative estimate of drug-likeness (QED) is 0.587. The zero-order chi connectivity index (χ0) is 20.1. The van der Waals surface area contributed by atoms with Crippen LogP contribution in [-0.2, 0) is 16.6 Å². The number of carbonyl (C=O) groups is 1. The van der Waals surface area contributed by atoms with Gasteiger partial charge in [-0.05, 0) is 43.3 Å². The van der Waals surface area contributed by atoms with Crippen LogP contribution in [0.2, 0.25) is 0 Å². The molecule has 0 fully saturated rings. The van der Waals surface area contributed by atoms with Crippen molar-refractivity contribution in [2.24, 2.45) is 0 Å². The fraction of sp³-hybridized carbons (Fsp3) is 0.304. The maximum Gasteiger partial charge on any atom is 0.224 e. The van der Waals surface area contributed by atoms with E-state index >= 15 is 0 Å². The van der Waals surface area contributed by atoms with Crippen molar-refractivity contribution in [2.75, 3.05) is 10.6 Å². The highest BCUT2D eigenvalue weighted by Crippen LogP contribution is 2.24. The number of anilines is 3. The standard InChI is InChI=1S/C23H27N3O2/c1-16-20(28-22(24-16)23(2,3)4)14-15-21(27)26-19-12-10-18(11-13-19)25-17-8-6-5-7-9-17/h5-13,25H,14-15H2,1-4H3,(H,26,27). The zero-order valence-corrected chi connectivity index (χ0v) is 16.9. The number of para-hydroxylation sites is 1. The molecule has 3 rings (SSSR count). The van der Waals surface area contributed by atoms with E-state index in [1.165, 1.54) is 0 Å². The number of hydrogen-bond donors (Lipinski definition) is 2. The molecule has 0 saturated carbocycles. The van der Waals surface area contributed by atoms with Crippen molar-refractivity contribution in [1.82, 2.24) is 4.98 Å². The minimum absolute atomic E-state index is 0.0446. The molecule has 5 heteroatoms. The van der Waals surface area contributed by atoms with Gasteiger partial charge in [0.1, 0.15) is 5.76 Å². The molecule has 0 atom stereocenters. The van der Waals surface area contributed by atoms with Gasteiger partial charge in [0.25, 0.3) is 0 Å². The van der Waals surface area contributed by atoms with Crippen LogP contribution in [0.4, 0.5) is 17.1 Å². The predicted molar refractivity (Wildman–Crippen MR) is 113 cm³/mol. The summed E-state index contributed by atoms with van der Waals surface area (Å²) in [6.07, 6.45) is 0.887. The first-order chi connectivity index (χ1) is 13.3. The summed E-state index contributed by atoms with van der Waals surface area (Å²) in [5.41, 5.74) is 3.48. The average Bonchev–Trinajstić information content (AvgIpc) is 3.04. The summed E-state index contributed by atoms with van der Waals surface area (Å²) in [6.45, 7) is 8.10. The summed E-state index contributed by atoms with van der Waals surface area (Å²) in [4.78, 5) is 16.8. The number of benzene rings is 2. The summed E-state index contributed by atoms with van der Waals surface area (Å²) in [5, 5.41) is 6.25. The molecule has 0 radical (unpaired) electrons. The third-order valence-corrected chi connectivity index (χ3v) is 4.34. The normalized spacial score (nSPS) is 11.3. The van der Waals surface area contributed by atoms with E-state index in [0.717, 1.165) is 28.5 Å². The van der Waals surface area contributed by atoms with E-state index in [4.69, 9.17) is 4.42 Å². The summed E-state index contributed by atoms with van der Waals surface area (Å²) < 4.78 is 5.85. The number of carbonyl (C=O) groups excluding carboxylic acids is 1. The summed E-state index contributed by atoms with van der Waals surface area (Å²) >= 11 is 0. The maximum atomic E-state index is 12.3. The molecule has 0 aliphatic heterocycles. The fourth-order valence-corrected chi connectivity index (χ4v) is 2.76. The van der Waals surface area contributed by atoms with Gasteiger partial charge in [0, 0.05) is 35.3 Å². The van der Waals surface area contributed by atoms with Crippen molar-refractivity contribution < 1.29 is 9.21 Å². The lowest BCUT2D eigenvalue weighted by atomic mass is 9.97. The lowest BCUT2D eigenvalue weighted by molar-refractivity contribution is -0.116. The Morgan fingerprint density at radius 1 is 0.964 bits per heavy atom. The van der Waals surface area contributed by atoms with Crippen LogP contribution in [0.5, 0.6) is 0 Å². The Bertz CT molecular complexity index is 923. The van der Waals surface area contributed by atoms with Crippen LogP contribution in [0.25, 0.3) is 0 Å². The van der Waals surface area contributed by atoms with Crippen molar-refractivity contribution >= 4 is 23.0 Å². The molecule has 1 amide bonds. The van der Waals surface area contributed by atoms with Gasteiger partial charge >= 0.3 is 0 Å². The molecule has 0 aliphatic rings. The molecular formula is C23H27N3O2. The lowest BCUT2D eigenvalue weighted by Gasteiger charge is -2.12. The van der Waals surface area contributed by atoms with E-state index < -0.39 is 0 Å². The van der Waals surface area contributed by atoms with E-state index in [0.29, 0.717) is 18.7 Å². The molecule has 0 unspecified atom stereocenters. The van der Waals surface area contributed by atoms with Gasteiger partial charge in [0.15, 0.2) is 5.89 Å². The van der Waals surface area contributed by atoms with E-state index in [9.17, 15) is 4.79 Å². The van der Waals surface area contributed by atoms with Gasteiger partial charge in [-0.3, -0.25) is 4.79 Å². The first-order valence-corrected chi connectivity index (χ1v) is 9.50. The Morgan fingerprint density at radius 2 is 1.57 bits per heavy atom. The van der Waals surface area contributed by atoms with Gasteiger partial charge < -0.3 is 15.1 Å². The van der Waals surface area contributed by atoms with Crippen LogP contribution in [0.15, 0.2) is 59.0 Å². The molecule has 0 aliphatic carbocycles. The zero-order valence-electron chi connectivity index (χ0n) is 16.9. The predicted octanol–water partition coefficient (Wildman–Crippen LogP) is 5.60. The molecule has 5 nitrogen and oxygen atoms in total. The van der Waals surface area contributed by atoms with Crippen molar-refractivity contribution in [2.45, 2.75) is 46.0 Å². The highest BCUT2D eigenvalue weighted by molar-refractivity contribution is 5.91. The van der Waals surface area contributed by atoms with Gasteiger partial charge in [0.2, 0.25) is 5.91 Å². The molecule has 2 aromatic carbocycles. The highest BCUT2D eigenvalue weighted by atomic mass is 16.4. The highest BCUT2D eigenvalue weighted by Gasteiger charge is 2.22. The summed E-state index contributed by atoms with van der Waals surface area (Å²) in [6, 6.07) is 17.6. The Labute approximate surface area is 166 Å². The van der Waals surface area contributed by atoms with Gasteiger partial charge in [-0.1, -0.05) is 39.0 Å². The van der Waals surface area contributed by atoms with Crippen LogP contribution in [-0.4, -0.2) is 10.9 Å². The molecule has 1 aromatic heterocycles. The number of nitrogens with one attached hydrogen (secondary N) is 2. The second kappa shape index (κ2) is 8.30. The van der Waals surface area contributed by atoms with E-state index in [2.05, 4.69) is 36.4 Å². The minimum atomic E-state index is -0.138. The van der Waals surface area contributed by atoms with Crippen molar-refractivity contribution in [1.29, 1.82) is 0 Å². The van der Waals surface area contributed by atoms with Crippen molar-refractivity contribution in [3.05, 3.63) is 71.9 Å². The maximum absolute atomic E-state index is 12.3. The number of oxazole rings is 1. The molecule has 0 spiro atoms. The molecule has 3 aromatic rings. The van der Waals surface area contributed by atoms with Crippen LogP contribution in [0, 0.1) is 6.92 Å². The Kier molecular flexibility index (Phi) is 5.83. The van der Waals surface area contributed by atoms with Crippen LogP contribution in [0.3, 0.4) is 0 Å². The number of rotatable bonds is 6. The smallest absolute Gasteiger partial charge is 0.224 e. The molecule has 0 saturated heterocycles. The van der Waals surface area contributed by atoms with E-state index in [-0.39, 0.29) is 11.3 Å². The summed E-state index contributed by atoms with van der Waals surface area (Å²) in [5.74, 6) is 1.45. The average molecular weight is 377 g/mol. The fourth-order valence-electron chi connectivity index (χ4n) is 2.76. The van der Waals surface area contributed by atoms with Crippen LogP contribution < -0.4 is 10.6 Å². The number of aromatic nitrogens is 1. The molecule has 146 valence electrons. The van der Waals surface area contributed by atoms with Crippen molar-refractivity contribution in [3.63, 3.8) is 0 Å². The third kappa shape index (κ3) is 5.22. The molecule has 2 N–H and O–H groups in total. The van der Waals surface area contributed by atoms with Gasteiger partial charge in [-0.15, -0.1) is 0 Å². The Hall–Kier alpha value is -3.08. The number of nitrogens with zero attached hydrogens (tertiary/aromatic N) is 1. The van der Waals surface area contributed by atoms with Gasteiger partial charge in [-0.25, -0.2) is 4.98 Å². The van der Waals surface area contributed by atoms with E-state index in [1.807, 2.05) is 61.5 Å². The Balaban J connectivity index is 1.53. The van der Waals surface area contributed by atoms with Gasteiger partial charge in [0.05, 0.1) is 5.69 Å². The monoisotopic (exact) mass is 377 g/mol. The third-order valence-electron chi connectivity index (χ3n) is 4.34. The van der Waals surface area contributed by atoms with E-state index in [1.54, 1.807) is 0 Å². The first kappa shape index (κ1) is 19.7. The second-order valence-corrected chi connectivity index (χ2v) is 7.89. The lowest BCUT2D eigenvalue weighted by Crippen LogP contribution is -2.12. The Morgan fingerprint density at radius 3 is 2.18 bits per heavy atom. The SMILES string of the molecule is Cc1nc(C(C)(C)C)oc1CCC(=O)Nc1ccc(Nc2ccccc2)cc1. The van der Waals surface area contributed by atoms with Gasteiger partial charge in [-0.2, -0.15) is 0 Å². The molecular weight excluding hydrogens is 350 g/mol. The number of aryl methyl sites for hydroxylation is 2. The number of amides is 1. The first-order valence-electron chi connectivity index (χ1n) is 9.50. The number of hydrogen-bond acceptors (Lipinski definition) is 4. The molecule has 28 heavy (non-hydrogen) atoms. The van der Waals surface area contributed by atoms with Crippen LogP contribution >= 0.6 is 0 Å². The summed E-state index contributed by atoms with van der Waals surface area (Å²) in [7, 11) is 0. The van der Waals surface area contributed by atoms with Crippen molar-refractivity contribution in [3.8, 4) is 0 Å². The minimum Gasteiger partial charge on any atom is -0.445 e. The molecule has 0 bridgehead atoms. The molecule has 1 heterocycles. The second-order valence-electron chi connectivity index (χ2n) is 7.89. The largest absolute Gasteiger partial charge is 0.445 e. The topological polar surface area (TPSA) is 67.2 Å². The van der Waals surface area contributed by atoms with Crippen LogP contribution in [0.1, 0.15) is 44.5 Å².